The van der Waals surface area contributed by atoms with Gasteiger partial charge in [0.15, 0.2) is 0 Å². The zero-order valence-electron chi connectivity index (χ0n) is 8.49. The van der Waals surface area contributed by atoms with Gasteiger partial charge in [0, 0.05) is 6.20 Å². The average Bonchev–Trinajstić information content (AvgIpc) is 2.60. The van der Waals surface area contributed by atoms with Crippen LogP contribution >= 0.6 is 15.9 Å². The number of furan rings is 1. The Balaban J connectivity index is 2.39. The van der Waals surface area contributed by atoms with Gasteiger partial charge in [-0.2, -0.15) is 0 Å². The fourth-order valence-corrected chi connectivity index (χ4v) is 1.68. The van der Waals surface area contributed by atoms with E-state index in [1.165, 1.54) is 10.8 Å². The van der Waals surface area contributed by atoms with Gasteiger partial charge in [0.1, 0.15) is 11.5 Å². The lowest BCUT2D eigenvalue weighted by Crippen LogP contribution is -2.29. The van der Waals surface area contributed by atoms with E-state index in [0.29, 0.717) is 16.8 Å². The van der Waals surface area contributed by atoms with Crippen LogP contribution in [0, 0.1) is 6.92 Å². The van der Waals surface area contributed by atoms with Crippen LogP contribution < -0.4 is 11.2 Å². The predicted octanol–water partition coefficient (Wildman–Crippen LogP) is 1.25. The number of hydrogen-bond donors (Lipinski definition) is 1. The molecule has 0 atom stereocenters. The van der Waals surface area contributed by atoms with Crippen molar-refractivity contribution in [3.63, 3.8) is 0 Å². The van der Waals surface area contributed by atoms with Crippen LogP contribution in [0.15, 0.2) is 36.8 Å². The molecule has 0 amide bonds. The Bertz CT molecular complexity index is 623. The van der Waals surface area contributed by atoms with Gasteiger partial charge in [0.25, 0.3) is 5.56 Å². The van der Waals surface area contributed by atoms with Gasteiger partial charge in [0.2, 0.25) is 0 Å². The molecule has 2 rings (SSSR count). The monoisotopic (exact) mass is 284 g/mol. The van der Waals surface area contributed by atoms with E-state index >= 15 is 0 Å². The highest BCUT2D eigenvalue weighted by Gasteiger charge is 2.04. The maximum Gasteiger partial charge on any atom is 0.328 e. The first-order chi connectivity index (χ1) is 7.56. The normalized spacial score (nSPS) is 10.6. The maximum atomic E-state index is 11.4. The van der Waals surface area contributed by atoms with Crippen LogP contribution in [0.4, 0.5) is 0 Å². The van der Waals surface area contributed by atoms with Gasteiger partial charge in [-0.3, -0.25) is 14.3 Å². The molecule has 2 aromatic rings. The van der Waals surface area contributed by atoms with E-state index in [1.807, 2.05) is 13.0 Å². The summed E-state index contributed by atoms with van der Waals surface area (Å²) < 4.78 is 7.03. The second kappa shape index (κ2) is 4.13. The summed E-state index contributed by atoms with van der Waals surface area (Å²) in [5.74, 6) is 1.45. The zero-order valence-corrected chi connectivity index (χ0v) is 10.1. The van der Waals surface area contributed by atoms with Crippen molar-refractivity contribution in [1.82, 2.24) is 9.55 Å². The molecule has 0 radical (unpaired) electrons. The van der Waals surface area contributed by atoms with Crippen LogP contribution in [0.25, 0.3) is 0 Å². The largest absolute Gasteiger partial charge is 0.464 e. The molecule has 5 nitrogen and oxygen atoms in total. The molecule has 0 fully saturated rings. The highest BCUT2D eigenvalue weighted by molar-refractivity contribution is 9.10. The Morgan fingerprint density at radius 3 is 2.81 bits per heavy atom. The highest BCUT2D eigenvalue weighted by atomic mass is 79.9. The molecule has 0 bridgehead atoms. The SMILES string of the molecule is Cc1ccc(Cn2cc(Br)c(=O)[nH]c2=O)o1. The summed E-state index contributed by atoms with van der Waals surface area (Å²) >= 11 is 3.06. The lowest BCUT2D eigenvalue weighted by atomic mass is 10.4. The van der Waals surface area contributed by atoms with E-state index in [-0.39, 0.29) is 0 Å². The van der Waals surface area contributed by atoms with Crippen molar-refractivity contribution in [3.8, 4) is 0 Å². The number of hydrogen-bond acceptors (Lipinski definition) is 3. The van der Waals surface area contributed by atoms with Crippen molar-refractivity contribution in [1.29, 1.82) is 0 Å². The highest BCUT2D eigenvalue weighted by Crippen LogP contribution is 2.07. The number of halogens is 1. The first kappa shape index (κ1) is 10.9. The summed E-state index contributed by atoms with van der Waals surface area (Å²) in [4.78, 5) is 24.8. The van der Waals surface area contributed by atoms with Gasteiger partial charge in [-0.1, -0.05) is 0 Å². The summed E-state index contributed by atoms with van der Waals surface area (Å²) in [6, 6.07) is 3.61. The van der Waals surface area contributed by atoms with Gasteiger partial charge in [0.05, 0.1) is 11.0 Å². The quantitative estimate of drug-likeness (QED) is 0.902. The van der Waals surface area contributed by atoms with E-state index in [9.17, 15) is 9.59 Å². The van der Waals surface area contributed by atoms with Gasteiger partial charge in [-0.25, -0.2) is 4.79 Å². The van der Waals surface area contributed by atoms with Crippen LogP contribution in [0.2, 0.25) is 0 Å². The number of aryl methyl sites for hydroxylation is 1. The number of nitrogens with one attached hydrogen (secondary N) is 1. The summed E-state index contributed by atoms with van der Waals surface area (Å²) in [7, 11) is 0. The second-order valence-electron chi connectivity index (χ2n) is 3.38. The summed E-state index contributed by atoms with van der Waals surface area (Å²) in [6.07, 6.45) is 1.44. The smallest absolute Gasteiger partial charge is 0.328 e. The van der Waals surface area contributed by atoms with E-state index < -0.39 is 11.2 Å². The fourth-order valence-electron chi connectivity index (χ4n) is 1.34. The molecular formula is C10H9BrN2O3. The molecule has 1 N–H and O–H groups in total. The van der Waals surface area contributed by atoms with Crippen LogP contribution in [-0.4, -0.2) is 9.55 Å². The molecule has 0 aliphatic heterocycles. The van der Waals surface area contributed by atoms with E-state index in [4.69, 9.17) is 4.42 Å². The minimum absolute atomic E-state index is 0.294. The number of nitrogens with zero attached hydrogens (tertiary/aromatic N) is 1. The van der Waals surface area contributed by atoms with E-state index in [2.05, 4.69) is 20.9 Å². The summed E-state index contributed by atoms with van der Waals surface area (Å²) in [5, 5.41) is 0. The second-order valence-corrected chi connectivity index (χ2v) is 4.23. The maximum absolute atomic E-state index is 11.4. The molecule has 84 valence electrons. The zero-order chi connectivity index (χ0) is 11.7. The minimum Gasteiger partial charge on any atom is -0.464 e. The topological polar surface area (TPSA) is 68.0 Å². The van der Waals surface area contributed by atoms with E-state index in [1.54, 1.807) is 6.07 Å². The Labute approximate surface area is 98.9 Å². The molecule has 0 aliphatic carbocycles. The first-order valence-electron chi connectivity index (χ1n) is 4.61. The molecule has 6 heteroatoms. The van der Waals surface area contributed by atoms with Crippen LogP contribution in [0.1, 0.15) is 11.5 Å². The first-order valence-corrected chi connectivity index (χ1v) is 5.40. The molecule has 0 aromatic carbocycles. The Hall–Kier alpha value is -1.56. The molecular weight excluding hydrogens is 276 g/mol. The van der Waals surface area contributed by atoms with Crippen LogP contribution in [0.3, 0.4) is 0 Å². The third-order valence-corrected chi connectivity index (χ3v) is 2.65. The molecule has 2 heterocycles. The lowest BCUT2D eigenvalue weighted by molar-refractivity contribution is 0.464. The molecule has 0 saturated heterocycles. The molecule has 2 aromatic heterocycles. The lowest BCUT2D eigenvalue weighted by Gasteiger charge is -2.02. The predicted molar refractivity (Wildman–Crippen MR) is 61.6 cm³/mol. The van der Waals surface area contributed by atoms with Crippen molar-refractivity contribution in [3.05, 3.63) is 55.2 Å². The Morgan fingerprint density at radius 1 is 1.44 bits per heavy atom. The van der Waals surface area contributed by atoms with Gasteiger partial charge in [-0.05, 0) is 35.0 Å². The number of H-pyrrole nitrogens is 1. The van der Waals surface area contributed by atoms with Gasteiger partial charge < -0.3 is 4.42 Å². The Kier molecular flexibility index (Phi) is 2.82. The summed E-state index contributed by atoms with van der Waals surface area (Å²) in [5.41, 5.74) is -0.890. The van der Waals surface area contributed by atoms with E-state index in [0.717, 1.165) is 5.76 Å². The van der Waals surface area contributed by atoms with Crippen molar-refractivity contribution < 1.29 is 4.42 Å². The molecule has 0 aliphatic rings. The fraction of sp³-hybridized carbons (Fsp3) is 0.200. The standard InChI is InChI=1S/C10H9BrN2O3/c1-6-2-3-7(16-6)4-13-5-8(11)9(14)12-10(13)15/h2-3,5H,4H2,1H3,(H,12,14,15). The van der Waals surface area contributed by atoms with Crippen molar-refractivity contribution in [2.75, 3.05) is 0 Å². The molecule has 0 saturated carbocycles. The number of aromatic nitrogens is 2. The molecule has 0 unspecified atom stereocenters. The van der Waals surface area contributed by atoms with Gasteiger partial charge >= 0.3 is 5.69 Å². The minimum atomic E-state index is -0.456. The third kappa shape index (κ3) is 2.16. The van der Waals surface area contributed by atoms with Crippen molar-refractivity contribution in [2.24, 2.45) is 0 Å². The van der Waals surface area contributed by atoms with Crippen LogP contribution in [0.5, 0.6) is 0 Å². The summed E-state index contributed by atoms with van der Waals surface area (Å²) in [6.45, 7) is 2.12. The van der Waals surface area contributed by atoms with Crippen LogP contribution in [-0.2, 0) is 6.54 Å². The average molecular weight is 285 g/mol. The Morgan fingerprint density at radius 2 is 2.19 bits per heavy atom. The molecule has 0 spiro atoms. The van der Waals surface area contributed by atoms with Crippen molar-refractivity contribution >= 4 is 15.9 Å². The molecule has 16 heavy (non-hydrogen) atoms. The van der Waals surface area contributed by atoms with Gasteiger partial charge in [-0.15, -0.1) is 0 Å². The van der Waals surface area contributed by atoms with Crippen molar-refractivity contribution in [2.45, 2.75) is 13.5 Å². The third-order valence-electron chi connectivity index (χ3n) is 2.09. The number of aromatic amines is 1. The number of rotatable bonds is 2.